The fourth-order valence-corrected chi connectivity index (χ4v) is 1.82. The zero-order valence-corrected chi connectivity index (χ0v) is 12.8. The Morgan fingerprint density at radius 1 is 1.06 bits per heavy atom. The van der Waals surface area contributed by atoms with Crippen LogP contribution in [0.3, 0.4) is 0 Å². The van der Waals surface area contributed by atoms with Gasteiger partial charge in [-0.15, -0.1) is 0 Å². The first-order valence-electron chi connectivity index (χ1n) is 5.48. The normalized spacial score (nSPS) is 13.4. The molecule has 0 atom stereocenters. The monoisotopic (exact) mass is 277 g/mol. The van der Waals surface area contributed by atoms with E-state index in [4.69, 9.17) is 3.76 Å². The minimum absolute atomic E-state index is 0.215. The Balaban J connectivity index is 3.05. The summed E-state index contributed by atoms with van der Waals surface area (Å²) in [4.78, 5) is 0. The number of hydrogen-bond donors (Lipinski definition) is 0. The van der Waals surface area contributed by atoms with Crippen LogP contribution in [-0.2, 0) is 9.18 Å². The molecule has 0 aromatic heterocycles. The summed E-state index contributed by atoms with van der Waals surface area (Å²) in [5, 5.41) is 0. The van der Waals surface area contributed by atoms with Crippen molar-refractivity contribution in [3.05, 3.63) is 41.2 Å². The van der Waals surface area contributed by atoms with E-state index in [0.717, 1.165) is 5.76 Å². The third kappa shape index (κ3) is 3.14. The first-order chi connectivity index (χ1) is 7.36. The zero-order chi connectivity index (χ0) is 12.3. The van der Waals surface area contributed by atoms with Crippen LogP contribution in [0.2, 0.25) is 0 Å². The van der Waals surface area contributed by atoms with E-state index >= 15 is 0 Å². The van der Waals surface area contributed by atoms with Crippen LogP contribution in [0.4, 0.5) is 0 Å². The molecule has 0 aliphatic heterocycles. The van der Waals surface area contributed by atoms with Crippen LogP contribution in [0.5, 0.6) is 0 Å². The standard InChI is InChI=1S/C14H19GeO/c1-10(11(2)16-15)12-6-8-13(9-7-12)14(3,4)5/h6-9H,1-5H3. The maximum atomic E-state index is 5.24. The molecule has 1 aromatic rings. The van der Waals surface area contributed by atoms with E-state index in [1.54, 1.807) is 16.9 Å². The molecule has 1 aromatic carbocycles. The third-order valence-corrected chi connectivity index (χ3v) is 3.51. The molecule has 0 aliphatic rings. The molecule has 0 heterocycles. The predicted molar refractivity (Wildman–Crippen MR) is 70.2 cm³/mol. The van der Waals surface area contributed by atoms with Gasteiger partial charge in [-0.05, 0) is 0 Å². The van der Waals surface area contributed by atoms with Gasteiger partial charge in [0.05, 0.1) is 0 Å². The van der Waals surface area contributed by atoms with Gasteiger partial charge in [-0.25, -0.2) is 0 Å². The van der Waals surface area contributed by atoms with Gasteiger partial charge < -0.3 is 0 Å². The summed E-state index contributed by atoms with van der Waals surface area (Å²) >= 11 is 1.71. The van der Waals surface area contributed by atoms with E-state index in [9.17, 15) is 0 Å². The quantitative estimate of drug-likeness (QED) is 0.589. The first kappa shape index (κ1) is 13.4. The molecular weight excluding hydrogens is 257 g/mol. The van der Waals surface area contributed by atoms with Gasteiger partial charge in [0.2, 0.25) is 0 Å². The van der Waals surface area contributed by atoms with Crippen LogP contribution >= 0.6 is 0 Å². The van der Waals surface area contributed by atoms with Gasteiger partial charge in [-0.3, -0.25) is 0 Å². The molecule has 2 heteroatoms. The van der Waals surface area contributed by atoms with E-state index in [0.29, 0.717) is 0 Å². The van der Waals surface area contributed by atoms with Gasteiger partial charge in [0.15, 0.2) is 0 Å². The second kappa shape index (κ2) is 5.09. The van der Waals surface area contributed by atoms with Crippen LogP contribution in [0.15, 0.2) is 30.0 Å². The van der Waals surface area contributed by atoms with Gasteiger partial charge in [0.1, 0.15) is 0 Å². The maximum absolute atomic E-state index is 5.24. The Morgan fingerprint density at radius 3 is 1.94 bits per heavy atom. The minimum atomic E-state index is 0.215. The van der Waals surface area contributed by atoms with Crippen molar-refractivity contribution in [1.82, 2.24) is 0 Å². The van der Waals surface area contributed by atoms with Crippen LogP contribution in [0.1, 0.15) is 45.7 Å². The summed E-state index contributed by atoms with van der Waals surface area (Å²) in [6, 6.07) is 8.72. The Labute approximate surface area is 107 Å². The molecule has 0 spiro atoms. The fraction of sp³-hybridized carbons (Fsp3) is 0.429. The molecule has 1 nitrogen and oxygen atoms in total. The van der Waals surface area contributed by atoms with Crippen molar-refractivity contribution in [2.75, 3.05) is 0 Å². The van der Waals surface area contributed by atoms with Crippen molar-refractivity contribution in [1.29, 1.82) is 0 Å². The molecule has 16 heavy (non-hydrogen) atoms. The molecule has 3 radical (unpaired) electrons. The summed E-state index contributed by atoms with van der Waals surface area (Å²) in [6.07, 6.45) is 0. The van der Waals surface area contributed by atoms with E-state index in [-0.39, 0.29) is 5.41 Å². The van der Waals surface area contributed by atoms with Gasteiger partial charge in [-0.2, -0.15) is 0 Å². The van der Waals surface area contributed by atoms with Crippen molar-refractivity contribution >= 4 is 22.4 Å². The number of benzene rings is 1. The molecule has 0 aliphatic carbocycles. The van der Waals surface area contributed by atoms with E-state index in [1.807, 2.05) is 6.92 Å². The average Bonchev–Trinajstić information content (AvgIpc) is 2.26. The second-order valence-electron chi connectivity index (χ2n) is 5.11. The third-order valence-electron chi connectivity index (χ3n) is 2.87. The molecule has 0 bridgehead atoms. The van der Waals surface area contributed by atoms with Gasteiger partial charge >= 0.3 is 107 Å². The number of allylic oxidation sites excluding steroid dienone is 2. The Kier molecular flexibility index (Phi) is 4.25. The summed E-state index contributed by atoms with van der Waals surface area (Å²) in [5.74, 6) is 0.975. The molecule has 0 saturated carbocycles. The summed E-state index contributed by atoms with van der Waals surface area (Å²) in [5.41, 5.74) is 4.00. The number of rotatable bonds is 2. The topological polar surface area (TPSA) is 9.23 Å². The first-order valence-corrected chi connectivity index (χ1v) is 6.34. The number of hydrogen-bond acceptors (Lipinski definition) is 1. The van der Waals surface area contributed by atoms with Crippen molar-refractivity contribution in [2.45, 2.75) is 40.0 Å². The second-order valence-corrected chi connectivity index (χ2v) is 5.54. The molecule has 0 fully saturated rings. The molecule has 0 amide bonds. The van der Waals surface area contributed by atoms with E-state index in [2.05, 4.69) is 52.0 Å². The van der Waals surface area contributed by atoms with Gasteiger partial charge in [0.25, 0.3) is 0 Å². The van der Waals surface area contributed by atoms with E-state index in [1.165, 1.54) is 16.7 Å². The Hall–Kier alpha value is -0.697. The van der Waals surface area contributed by atoms with Crippen molar-refractivity contribution in [2.24, 2.45) is 0 Å². The van der Waals surface area contributed by atoms with Crippen molar-refractivity contribution in [3.63, 3.8) is 0 Å². The Morgan fingerprint density at radius 2 is 1.56 bits per heavy atom. The van der Waals surface area contributed by atoms with E-state index < -0.39 is 0 Å². The van der Waals surface area contributed by atoms with Crippen LogP contribution in [0, 0.1) is 0 Å². The Bertz CT molecular complexity index is 382. The summed E-state index contributed by atoms with van der Waals surface area (Å²) in [6.45, 7) is 10.8. The summed E-state index contributed by atoms with van der Waals surface area (Å²) in [7, 11) is 0. The molecule has 0 saturated heterocycles. The average molecular weight is 276 g/mol. The van der Waals surface area contributed by atoms with Gasteiger partial charge in [-0.1, -0.05) is 0 Å². The van der Waals surface area contributed by atoms with Crippen LogP contribution in [0.25, 0.3) is 5.57 Å². The predicted octanol–water partition coefficient (Wildman–Crippen LogP) is 3.84. The summed E-state index contributed by atoms with van der Waals surface area (Å²) < 4.78 is 5.24. The zero-order valence-electron chi connectivity index (χ0n) is 10.7. The van der Waals surface area contributed by atoms with Crippen molar-refractivity contribution < 1.29 is 3.76 Å². The molecule has 0 N–H and O–H groups in total. The fourth-order valence-electron chi connectivity index (χ4n) is 1.50. The molecule has 85 valence electrons. The SMILES string of the molecule is CC([O][Ge])=C(C)c1ccc(C(C)(C)C)cc1. The molecule has 0 unspecified atom stereocenters. The van der Waals surface area contributed by atoms with Crippen LogP contribution in [-0.4, -0.2) is 16.9 Å². The molecule has 1 rings (SSSR count). The van der Waals surface area contributed by atoms with Crippen LogP contribution < -0.4 is 0 Å². The van der Waals surface area contributed by atoms with Crippen molar-refractivity contribution in [3.8, 4) is 0 Å². The van der Waals surface area contributed by atoms with Gasteiger partial charge in [0, 0.05) is 0 Å². The molecular formula is C14H19GeO.